The van der Waals surface area contributed by atoms with Crippen LogP contribution in [0, 0.1) is 0 Å². The predicted octanol–water partition coefficient (Wildman–Crippen LogP) is 3.54. The monoisotopic (exact) mass is 259 g/mol. The molecule has 2 N–H and O–H groups in total. The van der Waals surface area contributed by atoms with E-state index in [0.717, 1.165) is 18.4 Å². The molecule has 2 rings (SSSR count). The third kappa shape index (κ3) is 4.19. The average molecular weight is 259 g/mol. The highest BCUT2D eigenvalue weighted by atomic mass is 16.3. The molecule has 1 aromatic carbocycles. The molecule has 0 spiro atoms. The molecule has 1 aliphatic carbocycles. The lowest BCUT2D eigenvalue weighted by molar-refractivity contribution is 0.168. The SMILES string of the molecule is CC(C)c1ccc(C(O)CNC2CC=CCC2)cc1. The van der Waals surface area contributed by atoms with E-state index >= 15 is 0 Å². The van der Waals surface area contributed by atoms with Crippen molar-refractivity contribution in [3.63, 3.8) is 0 Å². The highest BCUT2D eigenvalue weighted by molar-refractivity contribution is 5.26. The van der Waals surface area contributed by atoms with Gasteiger partial charge >= 0.3 is 0 Å². The third-order valence-electron chi connectivity index (χ3n) is 3.86. The number of hydrogen-bond acceptors (Lipinski definition) is 2. The van der Waals surface area contributed by atoms with Gasteiger partial charge in [0.2, 0.25) is 0 Å². The Kier molecular flexibility index (Phi) is 5.17. The van der Waals surface area contributed by atoms with E-state index in [1.807, 2.05) is 12.1 Å². The van der Waals surface area contributed by atoms with Crippen LogP contribution in [0.15, 0.2) is 36.4 Å². The minimum absolute atomic E-state index is 0.410. The molecule has 1 aliphatic rings. The second kappa shape index (κ2) is 6.88. The van der Waals surface area contributed by atoms with Crippen molar-refractivity contribution in [3.8, 4) is 0 Å². The summed E-state index contributed by atoms with van der Waals surface area (Å²) in [6, 6.07) is 8.85. The van der Waals surface area contributed by atoms with Crippen molar-refractivity contribution in [2.75, 3.05) is 6.54 Å². The van der Waals surface area contributed by atoms with Crippen LogP contribution < -0.4 is 5.32 Å². The zero-order valence-electron chi connectivity index (χ0n) is 12.0. The molecular formula is C17H25NO. The fourth-order valence-electron chi connectivity index (χ4n) is 2.48. The Hall–Kier alpha value is -1.12. The van der Waals surface area contributed by atoms with Gasteiger partial charge in [-0.3, -0.25) is 0 Å². The number of benzene rings is 1. The first-order valence-corrected chi connectivity index (χ1v) is 7.33. The molecule has 0 saturated carbocycles. The topological polar surface area (TPSA) is 32.3 Å². The molecule has 2 unspecified atom stereocenters. The maximum atomic E-state index is 10.2. The van der Waals surface area contributed by atoms with Crippen LogP contribution in [0.3, 0.4) is 0 Å². The molecule has 2 atom stereocenters. The Balaban J connectivity index is 1.85. The van der Waals surface area contributed by atoms with E-state index in [1.165, 1.54) is 12.0 Å². The second-order valence-electron chi connectivity index (χ2n) is 5.73. The Morgan fingerprint density at radius 3 is 2.42 bits per heavy atom. The molecule has 0 heterocycles. The molecular weight excluding hydrogens is 234 g/mol. The van der Waals surface area contributed by atoms with E-state index in [2.05, 4.69) is 43.4 Å². The summed E-state index contributed by atoms with van der Waals surface area (Å²) in [5, 5.41) is 13.7. The lowest BCUT2D eigenvalue weighted by atomic mass is 9.99. The molecule has 0 bridgehead atoms. The van der Waals surface area contributed by atoms with Gasteiger partial charge in [-0.25, -0.2) is 0 Å². The van der Waals surface area contributed by atoms with E-state index < -0.39 is 6.10 Å². The van der Waals surface area contributed by atoms with E-state index in [4.69, 9.17) is 0 Å². The highest BCUT2D eigenvalue weighted by Crippen LogP contribution is 2.19. The first kappa shape index (κ1) is 14.3. The van der Waals surface area contributed by atoms with Crippen molar-refractivity contribution in [3.05, 3.63) is 47.5 Å². The van der Waals surface area contributed by atoms with Crippen LogP contribution in [-0.2, 0) is 0 Å². The summed E-state index contributed by atoms with van der Waals surface area (Å²) < 4.78 is 0. The maximum absolute atomic E-state index is 10.2. The first-order chi connectivity index (χ1) is 9.16. The average Bonchev–Trinajstić information content (AvgIpc) is 2.46. The highest BCUT2D eigenvalue weighted by Gasteiger charge is 2.13. The Labute approximate surface area is 116 Å². The summed E-state index contributed by atoms with van der Waals surface area (Å²) >= 11 is 0. The van der Waals surface area contributed by atoms with Crippen LogP contribution in [0.2, 0.25) is 0 Å². The molecule has 0 aromatic heterocycles. The molecule has 1 aromatic rings. The zero-order chi connectivity index (χ0) is 13.7. The van der Waals surface area contributed by atoms with Gasteiger partial charge in [-0.1, -0.05) is 50.3 Å². The van der Waals surface area contributed by atoms with Gasteiger partial charge in [-0.15, -0.1) is 0 Å². The van der Waals surface area contributed by atoms with E-state index in [-0.39, 0.29) is 0 Å². The zero-order valence-corrected chi connectivity index (χ0v) is 12.0. The Morgan fingerprint density at radius 2 is 1.84 bits per heavy atom. The Morgan fingerprint density at radius 1 is 1.16 bits per heavy atom. The van der Waals surface area contributed by atoms with Gasteiger partial charge in [0.25, 0.3) is 0 Å². The van der Waals surface area contributed by atoms with Crippen molar-refractivity contribution in [2.45, 2.75) is 51.2 Å². The van der Waals surface area contributed by atoms with Gasteiger partial charge < -0.3 is 10.4 Å². The van der Waals surface area contributed by atoms with E-state index in [9.17, 15) is 5.11 Å². The molecule has 0 aliphatic heterocycles. The van der Waals surface area contributed by atoms with Crippen LogP contribution in [0.4, 0.5) is 0 Å². The minimum Gasteiger partial charge on any atom is -0.387 e. The summed E-state index contributed by atoms with van der Waals surface area (Å²) in [7, 11) is 0. The summed E-state index contributed by atoms with van der Waals surface area (Å²) in [5.74, 6) is 0.540. The molecule has 0 saturated heterocycles. The fraction of sp³-hybridized carbons (Fsp3) is 0.529. The summed E-state index contributed by atoms with van der Waals surface area (Å²) in [5.41, 5.74) is 2.32. The number of aliphatic hydroxyl groups excluding tert-OH is 1. The molecule has 0 amide bonds. The lowest BCUT2D eigenvalue weighted by Crippen LogP contribution is -2.33. The number of rotatable bonds is 5. The first-order valence-electron chi connectivity index (χ1n) is 7.33. The fourth-order valence-corrected chi connectivity index (χ4v) is 2.48. The van der Waals surface area contributed by atoms with Gasteiger partial charge in [0, 0.05) is 12.6 Å². The van der Waals surface area contributed by atoms with E-state index in [0.29, 0.717) is 18.5 Å². The normalized spacial score (nSPS) is 20.7. The second-order valence-corrected chi connectivity index (χ2v) is 5.73. The van der Waals surface area contributed by atoms with Gasteiger partial charge in [0.05, 0.1) is 6.10 Å². The maximum Gasteiger partial charge on any atom is 0.0914 e. The summed E-state index contributed by atoms with van der Waals surface area (Å²) in [4.78, 5) is 0. The van der Waals surface area contributed by atoms with Crippen molar-refractivity contribution in [2.24, 2.45) is 0 Å². The van der Waals surface area contributed by atoms with Crippen LogP contribution in [-0.4, -0.2) is 17.7 Å². The predicted molar refractivity (Wildman–Crippen MR) is 80.3 cm³/mol. The van der Waals surface area contributed by atoms with Gasteiger partial charge in [0.1, 0.15) is 0 Å². The van der Waals surface area contributed by atoms with Crippen molar-refractivity contribution in [1.29, 1.82) is 0 Å². The molecule has 2 nitrogen and oxygen atoms in total. The quantitative estimate of drug-likeness (QED) is 0.793. The lowest BCUT2D eigenvalue weighted by Gasteiger charge is -2.21. The summed E-state index contributed by atoms with van der Waals surface area (Å²) in [6.07, 6.45) is 7.46. The van der Waals surface area contributed by atoms with Crippen LogP contribution >= 0.6 is 0 Å². The van der Waals surface area contributed by atoms with Crippen LogP contribution in [0.5, 0.6) is 0 Å². The van der Waals surface area contributed by atoms with Crippen molar-refractivity contribution < 1.29 is 5.11 Å². The van der Waals surface area contributed by atoms with Crippen LogP contribution in [0.1, 0.15) is 56.3 Å². The van der Waals surface area contributed by atoms with E-state index in [1.54, 1.807) is 0 Å². The number of allylic oxidation sites excluding steroid dienone is 1. The number of nitrogens with one attached hydrogen (secondary N) is 1. The van der Waals surface area contributed by atoms with Gasteiger partial charge in [-0.05, 0) is 36.3 Å². The molecule has 19 heavy (non-hydrogen) atoms. The van der Waals surface area contributed by atoms with Crippen molar-refractivity contribution in [1.82, 2.24) is 5.32 Å². The third-order valence-corrected chi connectivity index (χ3v) is 3.86. The minimum atomic E-state index is -0.410. The van der Waals surface area contributed by atoms with Gasteiger partial charge in [0.15, 0.2) is 0 Å². The van der Waals surface area contributed by atoms with Crippen LogP contribution in [0.25, 0.3) is 0 Å². The standard InChI is InChI=1S/C17H25NO/c1-13(2)14-8-10-15(11-9-14)17(19)12-18-16-6-4-3-5-7-16/h3-4,8-11,13,16-19H,5-7,12H2,1-2H3. The Bertz CT molecular complexity index is 408. The molecule has 0 fully saturated rings. The largest absolute Gasteiger partial charge is 0.387 e. The molecule has 2 heteroatoms. The smallest absolute Gasteiger partial charge is 0.0914 e. The molecule has 104 valence electrons. The number of hydrogen-bond donors (Lipinski definition) is 2. The summed E-state index contributed by atoms with van der Waals surface area (Å²) in [6.45, 7) is 5.01. The van der Waals surface area contributed by atoms with Crippen molar-refractivity contribution >= 4 is 0 Å². The molecule has 0 radical (unpaired) electrons. The van der Waals surface area contributed by atoms with Gasteiger partial charge in [-0.2, -0.15) is 0 Å². The number of aliphatic hydroxyl groups is 1.